The average molecular weight is 233 g/mol. The van der Waals surface area contributed by atoms with Gasteiger partial charge in [0.15, 0.2) is 5.78 Å². The van der Waals surface area contributed by atoms with Gasteiger partial charge in [-0.1, -0.05) is 37.3 Å². The summed E-state index contributed by atoms with van der Waals surface area (Å²) in [6, 6.07) is 9.07. The normalized spacial score (nSPS) is 30.2. The van der Waals surface area contributed by atoms with Gasteiger partial charge in [-0.3, -0.25) is 4.79 Å². The van der Waals surface area contributed by atoms with Crippen LogP contribution in [0.5, 0.6) is 0 Å². The Labute approximate surface area is 102 Å². The second-order valence-electron chi connectivity index (χ2n) is 5.03. The quantitative estimate of drug-likeness (QED) is 0.788. The molecule has 1 aromatic rings. The van der Waals surface area contributed by atoms with Gasteiger partial charge in [0.05, 0.1) is 0 Å². The van der Waals surface area contributed by atoms with Gasteiger partial charge in [-0.05, 0) is 13.5 Å². The van der Waals surface area contributed by atoms with Crippen LogP contribution >= 0.6 is 0 Å². The predicted octanol–water partition coefficient (Wildman–Crippen LogP) is 1.57. The fraction of sp³-hybridized carbons (Fsp3) is 0.500. The molecule has 0 bridgehead atoms. The number of benzene rings is 1. The first-order valence-electron chi connectivity index (χ1n) is 6.05. The number of likely N-dealkylation sites (tertiary alicyclic amines) is 1. The van der Waals surface area contributed by atoms with Crippen molar-refractivity contribution in [2.24, 2.45) is 5.92 Å². The summed E-state index contributed by atoms with van der Waals surface area (Å²) in [5.74, 6) is -0.173. The third-order valence-electron chi connectivity index (χ3n) is 3.70. The Hall–Kier alpha value is -1.19. The van der Waals surface area contributed by atoms with Gasteiger partial charge in [0.25, 0.3) is 0 Å². The number of hydrogen-bond donors (Lipinski definition) is 1. The van der Waals surface area contributed by atoms with Crippen molar-refractivity contribution < 1.29 is 9.90 Å². The lowest BCUT2D eigenvalue weighted by atomic mass is 9.77. The van der Waals surface area contributed by atoms with Crippen LogP contribution in [0.2, 0.25) is 0 Å². The van der Waals surface area contributed by atoms with Crippen molar-refractivity contribution in [3.63, 3.8) is 0 Å². The third-order valence-corrected chi connectivity index (χ3v) is 3.70. The molecule has 2 rings (SSSR count). The number of hydrogen-bond acceptors (Lipinski definition) is 3. The van der Waals surface area contributed by atoms with Crippen LogP contribution in [0.25, 0.3) is 0 Å². The summed E-state index contributed by atoms with van der Waals surface area (Å²) in [5.41, 5.74) is -0.597. The average Bonchev–Trinajstić information content (AvgIpc) is 2.34. The van der Waals surface area contributed by atoms with Gasteiger partial charge in [-0.15, -0.1) is 0 Å². The number of carbonyl (C=O) groups excluding carboxylic acids is 1. The largest absolute Gasteiger partial charge is 0.381 e. The minimum atomic E-state index is -1.20. The second kappa shape index (κ2) is 4.59. The van der Waals surface area contributed by atoms with Gasteiger partial charge in [0.2, 0.25) is 0 Å². The summed E-state index contributed by atoms with van der Waals surface area (Å²) >= 11 is 0. The van der Waals surface area contributed by atoms with E-state index in [-0.39, 0.29) is 11.7 Å². The number of aliphatic hydroxyl groups is 1. The maximum Gasteiger partial charge on any atom is 0.194 e. The molecule has 0 radical (unpaired) electrons. The number of carbonyl (C=O) groups is 1. The van der Waals surface area contributed by atoms with Gasteiger partial charge in [-0.2, -0.15) is 0 Å². The Morgan fingerprint density at radius 2 is 2.06 bits per heavy atom. The van der Waals surface area contributed by atoms with Crippen molar-refractivity contribution in [1.29, 1.82) is 0 Å². The minimum absolute atomic E-state index is 0.0334. The molecule has 3 nitrogen and oxygen atoms in total. The summed E-state index contributed by atoms with van der Waals surface area (Å²) in [6.45, 7) is 3.46. The highest BCUT2D eigenvalue weighted by molar-refractivity contribution is 6.02. The van der Waals surface area contributed by atoms with E-state index in [1.165, 1.54) is 0 Å². The van der Waals surface area contributed by atoms with Gasteiger partial charge >= 0.3 is 0 Å². The van der Waals surface area contributed by atoms with Gasteiger partial charge < -0.3 is 10.0 Å². The molecule has 1 fully saturated rings. The lowest BCUT2D eigenvalue weighted by Gasteiger charge is -2.40. The van der Waals surface area contributed by atoms with Crippen molar-refractivity contribution >= 4 is 5.78 Å². The van der Waals surface area contributed by atoms with Crippen LogP contribution in [-0.2, 0) is 0 Å². The number of nitrogens with zero attached hydrogens (tertiary/aromatic N) is 1. The zero-order chi connectivity index (χ0) is 12.5. The highest BCUT2D eigenvalue weighted by atomic mass is 16.3. The summed E-state index contributed by atoms with van der Waals surface area (Å²) in [6.07, 6.45) is 0.512. The molecule has 0 amide bonds. The molecular formula is C14H19NO2. The topological polar surface area (TPSA) is 40.5 Å². The molecule has 0 aromatic heterocycles. The highest BCUT2D eigenvalue weighted by Gasteiger charge is 2.44. The second-order valence-corrected chi connectivity index (χ2v) is 5.03. The maximum atomic E-state index is 12.4. The van der Waals surface area contributed by atoms with Crippen LogP contribution in [0.4, 0.5) is 0 Å². The Kier molecular flexibility index (Phi) is 3.31. The van der Waals surface area contributed by atoms with Crippen LogP contribution in [0, 0.1) is 5.92 Å². The van der Waals surface area contributed by atoms with Crippen LogP contribution in [0.3, 0.4) is 0 Å². The third kappa shape index (κ3) is 2.26. The molecule has 0 aliphatic carbocycles. The van der Waals surface area contributed by atoms with E-state index in [0.717, 1.165) is 13.1 Å². The molecule has 1 heterocycles. The van der Waals surface area contributed by atoms with E-state index in [1.807, 2.05) is 32.2 Å². The van der Waals surface area contributed by atoms with E-state index < -0.39 is 5.60 Å². The van der Waals surface area contributed by atoms with Crippen LogP contribution < -0.4 is 0 Å². The Morgan fingerprint density at radius 3 is 2.65 bits per heavy atom. The zero-order valence-corrected chi connectivity index (χ0v) is 10.4. The summed E-state index contributed by atoms with van der Waals surface area (Å²) < 4.78 is 0. The molecule has 3 heteroatoms. The molecule has 1 N–H and O–H groups in total. The Morgan fingerprint density at radius 1 is 1.41 bits per heavy atom. The molecule has 2 atom stereocenters. The van der Waals surface area contributed by atoms with E-state index in [4.69, 9.17) is 0 Å². The minimum Gasteiger partial charge on any atom is -0.381 e. The van der Waals surface area contributed by atoms with E-state index in [0.29, 0.717) is 12.0 Å². The molecule has 1 aromatic carbocycles. The fourth-order valence-corrected chi connectivity index (χ4v) is 2.49. The molecule has 1 saturated heterocycles. The number of piperidine rings is 1. The zero-order valence-electron chi connectivity index (χ0n) is 10.4. The van der Waals surface area contributed by atoms with Crippen LogP contribution in [0.1, 0.15) is 23.7 Å². The summed E-state index contributed by atoms with van der Waals surface area (Å²) in [5, 5.41) is 10.6. The molecular weight excluding hydrogens is 214 g/mol. The molecule has 0 unspecified atom stereocenters. The van der Waals surface area contributed by atoms with E-state index >= 15 is 0 Å². The van der Waals surface area contributed by atoms with Crippen molar-refractivity contribution in [1.82, 2.24) is 4.90 Å². The SMILES string of the molecule is C[C@H]1CN(C)CC[C@@]1(O)C(=O)c1ccccc1. The first-order valence-corrected chi connectivity index (χ1v) is 6.05. The molecule has 92 valence electrons. The molecule has 1 aliphatic heterocycles. The monoisotopic (exact) mass is 233 g/mol. The predicted molar refractivity (Wildman–Crippen MR) is 67.0 cm³/mol. The molecule has 0 saturated carbocycles. The first-order chi connectivity index (χ1) is 8.04. The number of rotatable bonds is 2. The van der Waals surface area contributed by atoms with Crippen molar-refractivity contribution in [2.45, 2.75) is 18.9 Å². The van der Waals surface area contributed by atoms with Crippen molar-refractivity contribution in [3.8, 4) is 0 Å². The van der Waals surface area contributed by atoms with E-state index in [2.05, 4.69) is 4.90 Å². The lowest BCUT2D eigenvalue weighted by molar-refractivity contribution is -0.0365. The Balaban J connectivity index is 2.24. The van der Waals surface area contributed by atoms with Crippen LogP contribution in [0.15, 0.2) is 30.3 Å². The van der Waals surface area contributed by atoms with Gasteiger partial charge in [0.1, 0.15) is 5.60 Å². The fourth-order valence-electron chi connectivity index (χ4n) is 2.49. The van der Waals surface area contributed by atoms with E-state index in [9.17, 15) is 9.90 Å². The van der Waals surface area contributed by atoms with E-state index in [1.54, 1.807) is 12.1 Å². The number of ketones is 1. The molecule has 0 spiro atoms. The summed E-state index contributed by atoms with van der Waals surface area (Å²) in [4.78, 5) is 14.5. The van der Waals surface area contributed by atoms with Crippen molar-refractivity contribution in [3.05, 3.63) is 35.9 Å². The molecule has 1 aliphatic rings. The smallest absolute Gasteiger partial charge is 0.194 e. The maximum absolute atomic E-state index is 12.4. The molecule has 17 heavy (non-hydrogen) atoms. The Bertz CT molecular complexity index is 404. The number of Topliss-reactive ketones (excluding diaryl/α,β-unsaturated/α-hetero) is 1. The highest BCUT2D eigenvalue weighted by Crippen LogP contribution is 2.30. The first kappa shape index (κ1) is 12.3. The summed E-state index contributed by atoms with van der Waals surface area (Å²) in [7, 11) is 2.02. The van der Waals surface area contributed by atoms with Gasteiger partial charge in [-0.25, -0.2) is 0 Å². The van der Waals surface area contributed by atoms with Gasteiger partial charge in [0, 0.05) is 24.6 Å². The lowest BCUT2D eigenvalue weighted by Crippen LogP contribution is -2.54. The standard InChI is InChI=1S/C14H19NO2/c1-11-10-15(2)9-8-14(11,17)13(16)12-6-4-3-5-7-12/h3-7,11,17H,8-10H2,1-2H3/t11-,14-/m0/s1. The van der Waals surface area contributed by atoms with Crippen LogP contribution in [-0.4, -0.2) is 41.5 Å². The van der Waals surface area contributed by atoms with Crippen molar-refractivity contribution in [2.75, 3.05) is 20.1 Å².